The van der Waals surface area contributed by atoms with Crippen LogP contribution in [0.15, 0.2) is 54.6 Å². The smallest absolute Gasteiger partial charge is 0.258 e. The summed E-state index contributed by atoms with van der Waals surface area (Å²) in [5, 5.41) is 3.95. The second-order valence-electron chi connectivity index (χ2n) is 6.82. The minimum absolute atomic E-state index is 0.0902. The molecule has 0 aliphatic heterocycles. The van der Waals surface area contributed by atoms with Gasteiger partial charge in [-0.15, -0.1) is 11.3 Å². The lowest BCUT2D eigenvalue weighted by Crippen LogP contribution is -2.31. The summed E-state index contributed by atoms with van der Waals surface area (Å²) >= 11 is 1.60. The van der Waals surface area contributed by atoms with Crippen LogP contribution in [0, 0.1) is 6.92 Å². The van der Waals surface area contributed by atoms with E-state index >= 15 is 0 Å². The van der Waals surface area contributed by atoms with Gasteiger partial charge in [-0.05, 0) is 38.5 Å². The zero-order chi connectivity index (χ0) is 21.5. The molecule has 1 aromatic heterocycles. The Kier molecular flexibility index (Phi) is 7.25. The molecular formula is C24H26N2O3S. The summed E-state index contributed by atoms with van der Waals surface area (Å²) in [6, 6.07) is 15.5. The second kappa shape index (κ2) is 10.1. The summed E-state index contributed by atoms with van der Waals surface area (Å²) in [6.45, 7) is 5.79. The Hall–Kier alpha value is -3.12. The fourth-order valence-corrected chi connectivity index (χ4v) is 4.18. The van der Waals surface area contributed by atoms with E-state index in [4.69, 9.17) is 9.47 Å². The highest BCUT2D eigenvalue weighted by Crippen LogP contribution is 2.32. The largest absolute Gasteiger partial charge is 0.493 e. The van der Waals surface area contributed by atoms with Crippen LogP contribution in [0.2, 0.25) is 0 Å². The number of allylic oxidation sites excluding steroid dienone is 1. The zero-order valence-corrected chi connectivity index (χ0v) is 18.5. The van der Waals surface area contributed by atoms with Crippen molar-refractivity contribution in [2.24, 2.45) is 0 Å². The van der Waals surface area contributed by atoms with Gasteiger partial charge in [0, 0.05) is 5.56 Å². The lowest BCUT2D eigenvalue weighted by atomic mass is 10.2. The molecule has 156 valence electrons. The van der Waals surface area contributed by atoms with E-state index in [9.17, 15) is 4.79 Å². The van der Waals surface area contributed by atoms with E-state index in [0.717, 1.165) is 26.7 Å². The van der Waals surface area contributed by atoms with Gasteiger partial charge in [0.25, 0.3) is 5.91 Å². The first-order valence-electron chi connectivity index (χ1n) is 9.77. The lowest BCUT2D eigenvalue weighted by Gasteiger charge is -2.15. The first kappa shape index (κ1) is 21.6. The number of hydrogen-bond acceptors (Lipinski definition) is 5. The number of aryl methyl sites for hydroxylation is 1. The van der Waals surface area contributed by atoms with E-state index in [2.05, 4.69) is 10.3 Å². The van der Waals surface area contributed by atoms with Crippen molar-refractivity contribution in [1.29, 1.82) is 0 Å². The molecule has 0 aliphatic rings. The number of aromatic nitrogens is 1. The molecule has 3 rings (SSSR count). The third-order valence-electron chi connectivity index (χ3n) is 4.53. The Morgan fingerprint density at radius 2 is 1.97 bits per heavy atom. The monoisotopic (exact) mass is 422 g/mol. The van der Waals surface area contributed by atoms with Crippen LogP contribution in [0.25, 0.3) is 16.6 Å². The first-order valence-corrected chi connectivity index (χ1v) is 10.6. The Labute approximate surface area is 181 Å². The second-order valence-corrected chi connectivity index (χ2v) is 7.85. The van der Waals surface area contributed by atoms with Gasteiger partial charge in [-0.3, -0.25) is 4.79 Å². The summed E-state index contributed by atoms with van der Waals surface area (Å²) in [7, 11) is 1.58. The molecule has 1 atom stereocenters. The number of hydrogen-bond donors (Lipinski definition) is 1. The fourth-order valence-electron chi connectivity index (χ4n) is 3.11. The highest BCUT2D eigenvalue weighted by Gasteiger charge is 2.18. The maximum atomic E-state index is 12.5. The predicted molar refractivity (Wildman–Crippen MR) is 122 cm³/mol. The average Bonchev–Trinajstić information content (AvgIpc) is 3.15. The van der Waals surface area contributed by atoms with Crippen molar-refractivity contribution in [3.8, 4) is 22.1 Å². The molecule has 2 aromatic carbocycles. The van der Waals surface area contributed by atoms with Crippen LogP contribution >= 0.6 is 11.3 Å². The fraction of sp³-hybridized carbons (Fsp3) is 0.250. The standard InChI is InChI=1S/C24H26N2O3S/c1-5-9-18-12-13-20(21(14-18)28-4)29-15-22(27)25-16(2)23-17(3)26-24(30-23)19-10-7-6-8-11-19/h5-14,16H,15H2,1-4H3,(H,25,27). The van der Waals surface area contributed by atoms with Crippen molar-refractivity contribution in [1.82, 2.24) is 10.3 Å². The molecular weight excluding hydrogens is 396 g/mol. The Morgan fingerprint density at radius 1 is 1.20 bits per heavy atom. The third-order valence-corrected chi connectivity index (χ3v) is 5.92. The number of nitrogens with zero attached hydrogens (tertiary/aromatic N) is 1. The van der Waals surface area contributed by atoms with E-state index in [1.165, 1.54) is 0 Å². The van der Waals surface area contributed by atoms with Crippen LogP contribution in [-0.2, 0) is 4.79 Å². The SMILES string of the molecule is CC=Cc1ccc(OCC(=O)NC(C)c2sc(-c3ccccc3)nc2C)c(OC)c1. The summed E-state index contributed by atoms with van der Waals surface area (Å²) in [4.78, 5) is 18.2. The molecule has 1 amide bonds. The van der Waals surface area contributed by atoms with Gasteiger partial charge in [-0.25, -0.2) is 4.98 Å². The van der Waals surface area contributed by atoms with Crippen LogP contribution < -0.4 is 14.8 Å². The highest BCUT2D eigenvalue weighted by molar-refractivity contribution is 7.15. The van der Waals surface area contributed by atoms with Crippen molar-refractivity contribution < 1.29 is 14.3 Å². The first-order chi connectivity index (χ1) is 14.5. The molecule has 6 heteroatoms. The molecule has 0 aliphatic carbocycles. The minimum Gasteiger partial charge on any atom is -0.493 e. The van der Waals surface area contributed by atoms with Gasteiger partial charge in [0.1, 0.15) is 5.01 Å². The highest BCUT2D eigenvalue weighted by atomic mass is 32.1. The maximum Gasteiger partial charge on any atom is 0.258 e. The number of carbonyl (C=O) groups excluding carboxylic acids is 1. The molecule has 1 heterocycles. The number of nitrogens with one attached hydrogen (secondary N) is 1. The number of carbonyl (C=O) groups is 1. The number of methoxy groups -OCH3 is 1. The number of rotatable bonds is 8. The molecule has 1 unspecified atom stereocenters. The molecule has 1 N–H and O–H groups in total. The molecule has 0 fully saturated rings. The lowest BCUT2D eigenvalue weighted by molar-refractivity contribution is -0.123. The van der Waals surface area contributed by atoms with E-state index in [1.807, 2.05) is 81.5 Å². The van der Waals surface area contributed by atoms with Gasteiger partial charge in [0.15, 0.2) is 18.1 Å². The minimum atomic E-state index is -0.198. The van der Waals surface area contributed by atoms with Crippen LogP contribution in [-0.4, -0.2) is 24.6 Å². The number of ether oxygens (including phenoxy) is 2. The van der Waals surface area contributed by atoms with E-state index in [1.54, 1.807) is 18.4 Å². The molecule has 30 heavy (non-hydrogen) atoms. The topological polar surface area (TPSA) is 60.5 Å². The number of amides is 1. The van der Waals surface area contributed by atoms with Crippen LogP contribution in [0.5, 0.6) is 11.5 Å². The van der Waals surface area contributed by atoms with Crippen LogP contribution in [0.1, 0.15) is 36.0 Å². The molecule has 3 aromatic rings. The normalized spacial score (nSPS) is 12.0. The average molecular weight is 423 g/mol. The van der Waals surface area contributed by atoms with Gasteiger partial charge >= 0.3 is 0 Å². The molecule has 0 spiro atoms. The maximum absolute atomic E-state index is 12.5. The van der Waals surface area contributed by atoms with Crippen molar-refractivity contribution in [2.75, 3.05) is 13.7 Å². The van der Waals surface area contributed by atoms with E-state index < -0.39 is 0 Å². The van der Waals surface area contributed by atoms with Gasteiger partial charge in [-0.1, -0.05) is 48.6 Å². The Bertz CT molecular complexity index is 1030. The molecule has 0 saturated carbocycles. The summed E-state index contributed by atoms with van der Waals surface area (Å²) in [5.74, 6) is 0.933. The molecule has 0 radical (unpaired) electrons. The molecule has 0 saturated heterocycles. The van der Waals surface area contributed by atoms with Gasteiger partial charge in [0.2, 0.25) is 0 Å². The van der Waals surface area contributed by atoms with Crippen molar-refractivity contribution in [3.05, 3.63) is 70.7 Å². The molecule has 5 nitrogen and oxygen atoms in total. The van der Waals surface area contributed by atoms with E-state index in [0.29, 0.717) is 11.5 Å². The predicted octanol–water partition coefficient (Wildman–Crippen LogP) is 5.42. The Morgan fingerprint density at radius 3 is 2.67 bits per heavy atom. The summed E-state index contributed by atoms with van der Waals surface area (Å²) < 4.78 is 11.1. The van der Waals surface area contributed by atoms with E-state index in [-0.39, 0.29) is 18.6 Å². The van der Waals surface area contributed by atoms with Crippen molar-refractivity contribution in [2.45, 2.75) is 26.8 Å². The van der Waals surface area contributed by atoms with Crippen molar-refractivity contribution >= 4 is 23.3 Å². The third kappa shape index (κ3) is 5.27. The van der Waals surface area contributed by atoms with Gasteiger partial charge in [-0.2, -0.15) is 0 Å². The van der Waals surface area contributed by atoms with Crippen LogP contribution in [0.3, 0.4) is 0 Å². The summed E-state index contributed by atoms with van der Waals surface area (Å²) in [5.41, 5.74) is 3.01. The quantitative estimate of drug-likeness (QED) is 0.527. The van der Waals surface area contributed by atoms with Crippen LogP contribution in [0.4, 0.5) is 0 Å². The number of benzene rings is 2. The van der Waals surface area contributed by atoms with Gasteiger partial charge < -0.3 is 14.8 Å². The zero-order valence-electron chi connectivity index (χ0n) is 17.6. The van der Waals surface area contributed by atoms with Gasteiger partial charge in [0.05, 0.1) is 23.7 Å². The molecule has 0 bridgehead atoms. The Balaban J connectivity index is 1.62. The number of thiazole rings is 1. The van der Waals surface area contributed by atoms with Crippen molar-refractivity contribution in [3.63, 3.8) is 0 Å². The summed E-state index contributed by atoms with van der Waals surface area (Å²) in [6.07, 6.45) is 3.93.